The van der Waals surface area contributed by atoms with Crippen LogP contribution in [0.2, 0.25) is 0 Å². The number of H-pyrrole nitrogens is 1. The molecular weight excluding hydrogens is 410 g/mol. The van der Waals surface area contributed by atoms with Crippen LogP contribution in [-0.2, 0) is 4.79 Å². The maximum absolute atomic E-state index is 13.0. The van der Waals surface area contributed by atoms with Crippen LogP contribution in [0.3, 0.4) is 0 Å². The van der Waals surface area contributed by atoms with E-state index >= 15 is 0 Å². The number of nitrogens with zero attached hydrogens (tertiary/aromatic N) is 4. The summed E-state index contributed by atoms with van der Waals surface area (Å²) < 4.78 is 5.35. The third-order valence-corrected chi connectivity index (χ3v) is 5.50. The highest BCUT2D eigenvalue weighted by Crippen LogP contribution is 2.25. The summed E-state index contributed by atoms with van der Waals surface area (Å²) >= 11 is 0. The topological polar surface area (TPSA) is 108 Å². The minimum atomic E-state index is -0.694. The van der Waals surface area contributed by atoms with Gasteiger partial charge in [-0.3, -0.25) is 24.5 Å². The van der Waals surface area contributed by atoms with Crippen LogP contribution in [0.25, 0.3) is 11.4 Å². The van der Waals surface area contributed by atoms with Crippen LogP contribution in [0.4, 0.5) is 0 Å². The van der Waals surface area contributed by atoms with Gasteiger partial charge < -0.3 is 14.5 Å². The summed E-state index contributed by atoms with van der Waals surface area (Å²) in [5.74, 6) is -1.16. The van der Waals surface area contributed by atoms with E-state index in [1.807, 2.05) is 25.1 Å². The number of benzene rings is 1. The predicted octanol–water partition coefficient (Wildman–Crippen LogP) is 2.04. The number of amides is 2. The largest absolute Gasteiger partial charge is 0.496 e. The van der Waals surface area contributed by atoms with E-state index in [4.69, 9.17) is 4.74 Å². The zero-order valence-electron chi connectivity index (χ0n) is 17.8. The number of Topliss-reactive ketones (excluding diaryl/α,β-unsaturated/α-hetero) is 1. The number of hydrogen-bond donors (Lipinski definition) is 1. The summed E-state index contributed by atoms with van der Waals surface area (Å²) in [5.41, 5.74) is 1.91. The van der Waals surface area contributed by atoms with Crippen molar-refractivity contribution in [3.63, 3.8) is 0 Å². The highest BCUT2D eigenvalue weighted by Gasteiger charge is 2.34. The third kappa shape index (κ3) is 4.09. The van der Waals surface area contributed by atoms with Gasteiger partial charge in [-0.2, -0.15) is 5.10 Å². The summed E-state index contributed by atoms with van der Waals surface area (Å²) in [7, 11) is 1.43. The monoisotopic (exact) mass is 433 g/mol. The van der Waals surface area contributed by atoms with E-state index < -0.39 is 11.7 Å². The van der Waals surface area contributed by atoms with E-state index in [2.05, 4.69) is 15.2 Å². The molecular formula is C23H23N5O4. The SMILES string of the molecule is COc1cc(-c2ccn[nH]2)ncc1C(=O)C(=O)N1CCN(C(=O)c2ccccc2)C[C@H]1C. The number of carbonyl (C=O) groups is 3. The van der Waals surface area contributed by atoms with Crippen LogP contribution in [0.15, 0.2) is 54.9 Å². The number of ketones is 1. The molecule has 0 aliphatic carbocycles. The van der Waals surface area contributed by atoms with Crippen LogP contribution in [0.5, 0.6) is 5.75 Å². The fourth-order valence-electron chi connectivity index (χ4n) is 3.77. The number of piperazine rings is 1. The molecule has 1 aliphatic heterocycles. The number of methoxy groups -OCH3 is 1. The van der Waals surface area contributed by atoms with Gasteiger partial charge in [-0.25, -0.2) is 0 Å². The van der Waals surface area contributed by atoms with Gasteiger partial charge in [-0.05, 0) is 25.1 Å². The normalized spacial score (nSPS) is 16.0. The summed E-state index contributed by atoms with van der Waals surface area (Å²) in [5, 5.41) is 6.68. The van der Waals surface area contributed by atoms with E-state index in [1.165, 1.54) is 18.2 Å². The van der Waals surface area contributed by atoms with Gasteiger partial charge in [0.2, 0.25) is 0 Å². The molecule has 1 atom stereocenters. The number of rotatable bonds is 5. The molecule has 32 heavy (non-hydrogen) atoms. The van der Waals surface area contributed by atoms with Gasteiger partial charge in [0.25, 0.3) is 17.6 Å². The molecule has 0 unspecified atom stereocenters. The minimum absolute atomic E-state index is 0.0869. The van der Waals surface area contributed by atoms with Crippen molar-refractivity contribution in [3.8, 4) is 17.1 Å². The van der Waals surface area contributed by atoms with Crippen LogP contribution in [0.1, 0.15) is 27.6 Å². The van der Waals surface area contributed by atoms with E-state index in [0.717, 1.165) is 0 Å². The molecule has 2 amide bonds. The highest BCUT2D eigenvalue weighted by atomic mass is 16.5. The first-order chi connectivity index (χ1) is 15.5. The number of pyridine rings is 1. The summed E-state index contributed by atoms with van der Waals surface area (Å²) in [6.07, 6.45) is 2.94. The summed E-state index contributed by atoms with van der Waals surface area (Å²) in [6, 6.07) is 12.0. The number of aromatic amines is 1. The lowest BCUT2D eigenvalue weighted by Crippen LogP contribution is -2.56. The number of aromatic nitrogens is 3. The first kappa shape index (κ1) is 21.2. The van der Waals surface area contributed by atoms with E-state index in [-0.39, 0.29) is 29.8 Å². The second-order valence-corrected chi connectivity index (χ2v) is 7.53. The average Bonchev–Trinajstić information content (AvgIpc) is 3.38. The highest BCUT2D eigenvalue weighted by molar-refractivity contribution is 6.43. The van der Waals surface area contributed by atoms with Gasteiger partial charge in [0.1, 0.15) is 5.75 Å². The van der Waals surface area contributed by atoms with Crippen molar-refractivity contribution >= 4 is 17.6 Å². The molecule has 9 heteroatoms. The Balaban J connectivity index is 1.48. The van der Waals surface area contributed by atoms with Gasteiger partial charge in [0.15, 0.2) is 0 Å². The van der Waals surface area contributed by atoms with Crippen molar-refractivity contribution < 1.29 is 19.1 Å². The molecule has 1 fully saturated rings. The fraction of sp³-hybridized carbons (Fsp3) is 0.261. The Morgan fingerprint density at radius 3 is 2.56 bits per heavy atom. The second kappa shape index (κ2) is 9.01. The van der Waals surface area contributed by atoms with Crippen molar-refractivity contribution in [2.45, 2.75) is 13.0 Å². The van der Waals surface area contributed by atoms with E-state index in [1.54, 1.807) is 35.4 Å². The molecule has 3 aromatic rings. The van der Waals surface area contributed by atoms with Crippen LogP contribution < -0.4 is 4.74 Å². The fourth-order valence-corrected chi connectivity index (χ4v) is 3.77. The van der Waals surface area contributed by atoms with Gasteiger partial charge in [0.05, 0.1) is 24.1 Å². The van der Waals surface area contributed by atoms with Crippen molar-refractivity contribution in [1.29, 1.82) is 0 Å². The van der Waals surface area contributed by atoms with Crippen molar-refractivity contribution in [1.82, 2.24) is 25.0 Å². The lowest BCUT2D eigenvalue weighted by Gasteiger charge is -2.39. The average molecular weight is 433 g/mol. The van der Waals surface area contributed by atoms with Crippen molar-refractivity contribution in [2.24, 2.45) is 0 Å². The first-order valence-electron chi connectivity index (χ1n) is 10.2. The first-order valence-corrected chi connectivity index (χ1v) is 10.2. The summed E-state index contributed by atoms with van der Waals surface area (Å²) in [6.45, 7) is 2.80. The minimum Gasteiger partial charge on any atom is -0.496 e. The van der Waals surface area contributed by atoms with E-state index in [9.17, 15) is 14.4 Å². The van der Waals surface area contributed by atoms with Gasteiger partial charge >= 0.3 is 0 Å². The van der Waals surface area contributed by atoms with Gasteiger partial charge in [0, 0.05) is 49.7 Å². The Labute approximate surface area is 185 Å². The second-order valence-electron chi connectivity index (χ2n) is 7.53. The Morgan fingerprint density at radius 2 is 1.91 bits per heavy atom. The van der Waals surface area contributed by atoms with Gasteiger partial charge in [-0.1, -0.05) is 18.2 Å². The molecule has 1 N–H and O–H groups in total. The summed E-state index contributed by atoms with van der Waals surface area (Å²) in [4.78, 5) is 46.2. The Hall–Kier alpha value is -4.01. The molecule has 0 saturated carbocycles. The maximum Gasteiger partial charge on any atom is 0.295 e. The molecule has 164 valence electrons. The maximum atomic E-state index is 13.0. The number of ether oxygens (including phenoxy) is 1. The van der Waals surface area contributed by atoms with Gasteiger partial charge in [-0.15, -0.1) is 0 Å². The quantitative estimate of drug-likeness (QED) is 0.487. The van der Waals surface area contributed by atoms with Crippen LogP contribution in [0, 0.1) is 0 Å². The molecule has 1 saturated heterocycles. The Morgan fingerprint density at radius 1 is 1.12 bits per heavy atom. The zero-order valence-corrected chi connectivity index (χ0v) is 17.8. The van der Waals surface area contributed by atoms with Crippen molar-refractivity contribution in [2.75, 3.05) is 26.7 Å². The zero-order chi connectivity index (χ0) is 22.7. The number of nitrogens with one attached hydrogen (secondary N) is 1. The third-order valence-electron chi connectivity index (χ3n) is 5.50. The Bertz CT molecular complexity index is 1130. The molecule has 9 nitrogen and oxygen atoms in total. The van der Waals surface area contributed by atoms with Crippen LogP contribution in [-0.4, -0.2) is 75.4 Å². The number of hydrogen-bond acceptors (Lipinski definition) is 6. The molecule has 0 radical (unpaired) electrons. The lowest BCUT2D eigenvalue weighted by atomic mass is 10.1. The van der Waals surface area contributed by atoms with Crippen LogP contribution >= 0.6 is 0 Å². The molecule has 4 rings (SSSR count). The lowest BCUT2D eigenvalue weighted by molar-refractivity contribution is -0.130. The molecule has 0 spiro atoms. The Kier molecular flexibility index (Phi) is 5.98. The smallest absolute Gasteiger partial charge is 0.295 e. The number of carbonyl (C=O) groups excluding carboxylic acids is 3. The molecule has 1 aliphatic rings. The van der Waals surface area contributed by atoms with Crippen molar-refractivity contribution in [3.05, 3.63) is 66.0 Å². The van der Waals surface area contributed by atoms with E-state index in [0.29, 0.717) is 30.0 Å². The standard InChI is InChI=1S/C23H23N5O4/c1-15-14-27(22(30)16-6-4-3-5-7-16)10-11-28(15)23(31)21(29)17-13-24-19(12-20(17)32-2)18-8-9-25-26-18/h3-9,12-13,15H,10-11,14H2,1-2H3,(H,25,26)/t15-/m1/s1. The predicted molar refractivity (Wildman–Crippen MR) is 116 cm³/mol. The molecule has 0 bridgehead atoms. The molecule has 2 aromatic heterocycles. The molecule has 3 heterocycles. The molecule has 1 aromatic carbocycles.